The van der Waals surface area contributed by atoms with Crippen molar-refractivity contribution in [1.82, 2.24) is 4.90 Å². The minimum absolute atomic E-state index is 0.0318. The summed E-state index contributed by atoms with van der Waals surface area (Å²) in [5.41, 5.74) is -1.34. The molecule has 0 aliphatic carbocycles. The maximum Gasteiger partial charge on any atom is 0.291 e. The zero-order valence-corrected chi connectivity index (χ0v) is 16.8. The molecule has 1 spiro atoms. The number of likely N-dealkylation sites (N-methyl/N-ethyl adjacent to an activating group) is 1. The fourth-order valence-electron chi connectivity index (χ4n) is 4.85. The lowest BCUT2D eigenvalue weighted by molar-refractivity contribution is -0.126. The highest BCUT2D eigenvalue weighted by Gasteiger charge is 2.64. The largest absolute Gasteiger partial charge is 0.467 e. The van der Waals surface area contributed by atoms with Gasteiger partial charge in [0.2, 0.25) is 5.76 Å². The van der Waals surface area contributed by atoms with E-state index in [2.05, 4.69) is 0 Å². The van der Waals surface area contributed by atoms with E-state index < -0.39 is 28.6 Å². The molecule has 2 aliphatic rings. The first-order valence-corrected chi connectivity index (χ1v) is 9.93. The number of rotatable bonds is 2. The predicted octanol–water partition coefficient (Wildman–Crippen LogP) is 3.40. The molecule has 158 valence electrons. The zero-order valence-electron chi connectivity index (χ0n) is 16.8. The Labute approximate surface area is 180 Å². The standard InChI is InChI=1S/C24H15FN2O5/c1-26-17-7-3-2-6-16(17)24(23(26)30)19-20(28)15-11-13(25)8-9-18(15)32-21(19)22(29)27(24)12-14-5-4-10-31-14/h2-11H,12H2,1H3. The molecule has 0 saturated heterocycles. The van der Waals surface area contributed by atoms with Crippen LogP contribution in [-0.4, -0.2) is 23.8 Å². The van der Waals surface area contributed by atoms with E-state index in [0.29, 0.717) is 17.0 Å². The Kier molecular flexibility index (Phi) is 3.57. The fourth-order valence-corrected chi connectivity index (χ4v) is 4.85. The summed E-state index contributed by atoms with van der Waals surface area (Å²) in [6, 6.07) is 13.8. The third kappa shape index (κ3) is 2.11. The van der Waals surface area contributed by atoms with Crippen LogP contribution in [0.1, 0.15) is 27.4 Å². The third-order valence-corrected chi connectivity index (χ3v) is 6.22. The summed E-state index contributed by atoms with van der Waals surface area (Å²) in [5.74, 6) is -1.49. The summed E-state index contributed by atoms with van der Waals surface area (Å²) < 4.78 is 25.2. The summed E-state index contributed by atoms with van der Waals surface area (Å²) >= 11 is 0. The molecule has 0 saturated carbocycles. The second-order valence-electron chi connectivity index (χ2n) is 7.84. The van der Waals surface area contributed by atoms with Crippen LogP contribution in [0.2, 0.25) is 0 Å². The molecule has 6 rings (SSSR count). The first-order valence-electron chi connectivity index (χ1n) is 9.93. The van der Waals surface area contributed by atoms with E-state index in [1.54, 1.807) is 43.4 Å². The second-order valence-corrected chi connectivity index (χ2v) is 7.84. The Morgan fingerprint density at radius 1 is 1.03 bits per heavy atom. The van der Waals surface area contributed by atoms with Crippen LogP contribution in [0.15, 0.2) is 74.5 Å². The molecule has 8 heteroatoms. The van der Waals surface area contributed by atoms with Gasteiger partial charge in [0.25, 0.3) is 11.8 Å². The van der Waals surface area contributed by atoms with E-state index in [-0.39, 0.29) is 28.8 Å². The van der Waals surface area contributed by atoms with Gasteiger partial charge in [-0.15, -0.1) is 0 Å². The number of carbonyl (C=O) groups excluding carboxylic acids is 2. The van der Waals surface area contributed by atoms with E-state index in [0.717, 1.165) is 12.1 Å². The van der Waals surface area contributed by atoms with E-state index in [1.807, 2.05) is 0 Å². The van der Waals surface area contributed by atoms with Crippen LogP contribution in [0.4, 0.5) is 10.1 Å². The number of hydrogen-bond donors (Lipinski definition) is 0. The lowest BCUT2D eigenvalue weighted by Gasteiger charge is -2.33. The molecule has 1 unspecified atom stereocenters. The Morgan fingerprint density at radius 2 is 1.84 bits per heavy atom. The van der Waals surface area contributed by atoms with Crippen molar-refractivity contribution in [1.29, 1.82) is 0 Å². The molecule has 2 amide bonds. The molecule has 0 bridgehead atoms. The number of anilines is 1. The number of para-hydroxylation sites is 1. The maximum atomic E-state index is 14.0. The van der Waals surface area contributed by atoms with Crippen LogP contribution < -0.4 is 10.3 Å². The van der Waals surface area contributed by atoms with Crippen LogP contribution in [0.5, 0.6) is 0 Å². The van der Waals surface area contributed by atoms with Gasteiger partial charge in [0.1, 0.15) is 17.2 Å². The van der Waals surface area contributed by atoms with Gasteiger partial charge in [-0.1, -0.05) is 18.2 Å². The Morgan fingerprint density at radius 3 is 2.62 bits per heavy atom. The molecule has 2 aliphatic heterocycles. The molecular formula is C24H15FN2O5. The molecule has 7 nitrogen and oxygen atoms in total. The summed E-state index contributed by atoms with van der Waals surface area (Å²) in [6.07, 6.45) is 1.46. The van der Waals surface area contributed by atoms with E-state index >= 15 is 0 Å². The van der Waals surface area contributed by atoms with Gasteiger partial charge in [0.05, 0.1) is 23.8 Å². The minimum atomic E-state index is -1.74. The molecule has 2 aromatic heterocycles. The van der Waals surface area contributed by atoms with Gasteiger partial charge in [-0.2, -0.15) is 0 Å². The summed E-state index contributed by atoms with van der Waals surface area (Å²) in [6.45, 7) is -0.0614. The quantitative estimate of drug-likeness (QED) is 0.487. The first kappa shape index (κ1) is 18.6. The van der Waals surface area contributed by atoms with Gasteiger partial charge in [-0.05, 0) is 36.4 Å². The van der Waals surface area contributed by atoms with Gasteiger partial charge < -0.3 is 18.6 Å². The average molecular weight is 430 g/mol. The number of nitrogens with zero attached hydrogens (tertiary/aromatic N) is 2. The average Bonchev–Trinajstić information content (AvgIpc) is 3.45. The number of furan rings is 1. The third-order valence-electron chi connectivity index (χ3n) is 6.22. The van der Waals surface area contributed by atoms with E-state index in [4.69, 9.17) is 8.83 Å². The fraction of sp³-hybridized carbons (Fsp3) is 0.125. The van der Waals surface area contributed by atoms with Crippen LogP contribution in [0, 0.1) is 5.82 Å². The highest BCUT2D eigenvalue weighted by molar-refractivity contribution is 6.16. The van der Waals surface area contributed by atoms with Crippen molar-refractivity contribution in [2.24, 2.45) is 0 Å². The second kappa shape index (κ2) is 6.16. The van der Waals surface area contributed by atoms with E-state index in [9.17, 15) is 18.8 Å². The Hall–Kier alpha value is -4.20. The normalized spacial score (nSPS) is 19.3. The number of benzene rings is 2. The van der Waals surface area contributed by atoms with Crippen molar-refractivity contribution >= 4 is 28.5 Å². The number of fused-ring (bicyclic) bond motifs is 5. The SMILES string of the molecule is CN1C(=O)C2(c3ccccc31)c1c(oc3ccc(F)cc3c1=O)C(=O)N2Cc1ccco1. The molecule has 32 heavy (non-hydrogen) atoms. The summed E-state index contributed by atoms with van der Waals surface area (Å²) in [5, 5.41) is -0.0318. The number of carbonyl (C=O) groups is 2. The lowest BCUT2D eigenvalue weighted by atomic mass is 9.84. The smallest absolute Gasteiger partial charge is 0.291 e. The molecule has 1 atom stereocenters. The molecule has 0 radical (unpaired) electrons. The minimum Gasteiger partial charge on any atom is -0.467 e. The lowest BCUT2D eigenvalue weighted by Crippen LogP contribution is -2.52. The predicted molar refractivity (Wildman–Crippen MR) is 112 cm³/mol. The molecular weight excluding hydrogens is 415 g/mol. The number of halogens is 1. The van der Waals surface area contributed by atoms with Crippen molar-refractivity contribution < 1.29 is 22.8 Å². The monoisotopic (exact) mass is 430 g/mol. The van der Waals surface area contributed by atoms with Crippen molar-refractivity contribution in [2.45, 2.75) is 12.1 Å². The van der Waals surface area contributed by atoms with Gasteiger partial charge in [0, 0.05) is 18.3 Å². The Bertz CT molecular complexity index is 1510. The van der Waals surface area contributed by atoms with Crippen molar-refractivity contribution in [3.05, 3.63) is 99.5 Å². The highest BCUT2D eigenvalue weighted by atomic mass is 19.1. The van der Waals surface area contributed by atoms with Crippen LogP contribution >= 0.6 is 0 Å². The maximum absolute atomic E-state index is 14.0. The molecule has 0 fully saturated rings. The number of hydrogen-bond acceptors (Lipinski definition) is 5. The van der Waals surface area contributed by atoms with Crippen molar-refractivity contribution in [2.75, 3.05) is 11.9 Å². The van der Waals surface area contributed by atoms with Gasteiger partial charge in [-0.3, -0.25) is 14.4 Å². The van der Waals surface area contributed by atoms with Crippen LogP contribution in [0.3, 0.4) is 0 Å². The van der Waals surface area contributed by atoms with Crippen molar-refractivity contribution in [3.63, 3.8) is 0 Å². The Balaban J connectivity index is 1.75. The van der Waals surface area contributed by atoms with Crippen molar-refractivity contribution in [3.8, 4) is 0 Å². The number of amides is 2. The van der Waals surface area contributed by atoms with Gasteiger partial charge in [-0.25, -0.2) is 4.39 Å². The van der Waals surface area contributed by atoms with Gasteiger partial charge >= 0.3 is 0 Å². The summed E-state index contributed by atoms with van der Waals surface area (Å²) in [7, 11) is 1.59. The van der Waals surface area contributed by atoms with Crippen LogP contribution in [-0.2, 0) is 16.9 Å². The molecule has 0 N–H and O–H groups in total. The van der Waals surface area contributed by atoms with Crippen LogP contribution in [0.25, 0.3) is 11.0 Å². The van der Waals surface area contributed by atoms with E-state index in [1.165, 1.54) is 22.1 Å². The highest BCUT2D eigenvalue weighted by Crippen LogP contribution is 2.52. The van der Waals surface area contributed by atoms with Gasteiger partial charge in [0.15, 0.2) is 11.0 Å². The molecule has 2 aromatic carbocycles. The molecule has 4 aromatic rings. The topological polar surface area (TPSA) is 84.0 Å². The summed E-state index contributed by atoms with van der Waals surface area (Å²) in [4.78, 5) is 43.9. The molecule has 4 heterocycles. The zero-order chi connectivity index (χ0) is 22.2. The first-order chi connectivity index (χ1) is 15.4.